The fourth-order valence-electron chi connectivity index (χ4n) is 2.29. The zero-order chi connectivity index (χ0) is 14.1. The highest BCUT2D eigenvalue weighted by molar-refractivity contribution is 5.84. The fourth-order valence-corrected chi connectivity index (χ4v) is 2.29. The Morgan fingerprint density at radius 1 is 1.00 bits per heavy atom. The van der Waals surface area contributed by atoms with Gasteiger partial charge in [0, 0.05) is 23.8 Å². The van der Waals surface area contributed by atoms with Crippen molar-refractivity contribution in [2.45, 2.75) is 6.92 Å². The van der Waals surface area contributed by atoms with Gasteiger partial charge in [-0.2, -0.15) is 0 Å². The zero-order valence-corrected chi connectivity index (χ0v) is 11.7. The first-order valence-electron chi connectivity index (χ1n) is 6.60. The van der Waals surface area contributed by atoms with Gasteiger partial charge >= 0.3 is 0 Å². The molecular formula is C17H17N3. The maximum Gasteiger partial charge on any atom is 0.133 e. The minimum atomic E-state index is 0.763. The van der Waals surface area contributed by atoms with E-state index < -0.39 is 0 Å². The van der Waals surface area contributed by atoms with Crippen molar-refractivity contribution in [1.82, 2.24) is 4.98 Å². The number of fused-ring (bicyclic) bond motifs is 1. The standard InChI is InChI=1S/C17H17N3/c1-12-4-3-5-15(10-12)20(2)17-9-6-13-11-14(18)7-8-16(13)19-17/h3-11H,18H2,1-2H3. The van der Waals surface area contributed by atoms with Crippen molar-refractivity contribution in [3.8, 4) is 0 Å². The van der Waals surface area contributed by atoms with E-state index in [4.69, 9.17) is 10.7 Å². The second-order valence-electron chi connectivity index (χ2n) is 5.02. The molecule has 20 heavy (non-hydrogen) atoms. The average Bonchev–Trinajstić information content (AvgIpc) is 2.46. The molecule has 0 spiro atoms. The summed E-state index contributed by atoms with van der Waals surface area (Å²) in [5, 5.41) is 1.06. The molecule has 3 rings (SSSR count). The number of nitrogens with two attached hydrogens (primary N) is 1. The molecule has 0 aliphatic heterocycles. The van der Waals surface area contributed by atoms with Crippen LogP contribution in [0.15, 0.2) is 54.6 Å². The van der Waals surface area contributed by atoms with Crippen LogP contribution in [0.4, 0.5) is 17.2 Å². The van der Waals surface area contributed by atoms with Gasteiger partial charge in [0.15, 0.2) is 0 Å². The highest BCUT2D eigenvalue weighted by atomic mass is 15.2. The van der Waals surface area contributed by atoms with Crippen LogP contribution in [0.2, 0.25) is 0 Å². The van der Waals surface area contributed by atoms with Gasteiger partial charge in [0.25, 0.3) is 0 Å². The summed E-state index contributed by atoms with van der Waals surface area (Å²) in [5.41, 5.74) is 9.88. The Morgan fingerprint density at radius 2 is 1.85 bits per heavy atom. The molecule has 0 atom stereocenters. The Morgan fingerprint density at radius 3 is 2.65 bits per heavy atom. The average molecular weight is 263 g/mol. The highest BCUT2D eigenvalue weighted by Gasteiger charge is 2.06. The van der Waals surface area contributed by atoms with Gasteiger partial charge in [0.05, 0.1) is 5.52 Å². The monoisotopic (exact) mass is 263 g/mol. The Labute approximate surface area is 118 Å². The molecule has 2 aromatic carbocycles. The van der Waals surface area contributed by atoms with Crippen LogP contribution >= 0.6 is 0 Å². The van der Waals surface area contributed by atoms with Crippen LogP contribution in [-0.2, 0) is 0 Å². The van der Waals surface area contributed by atoms with Crippen LogP contribution < -0.4 is 10.6 Å². The molecule has 3 heteroatoms. The van der Waals surface area contributed by atoms with E-state index in [0.717, 1.165) is 28.1 Å². The molecule has 100 valence electrons. The second-order valence-corrected chi connectivity index (χ2v) is 5.02. The van der Waals surface area contributed by atoms with Crippen molar-refractivity contribution < 1.29 is 0 Å². The number of pyridine rings is 1. The van der Waals surface area contributed by atoms with Gasteiger partial charge in [-0.3, -0.25) is 0 Å². The van der Waals surface area contributed by atoms with Crippen molar-refractivity contribution in [2.75, 3.05) is 17.7 Å². The first-order chi connectivity index (χ1) is 9.63. The van der Waals surface area contributed by atoms with E-state index in [2.05, 4.69) is 42.2 Å². The van der Waals surface area contributed by atoms with Crippen molar-refractivity contribution in [2.24, 2.45) is 0 Å². The summed E-state index contributed by atoms with van der Waals surface area (Å²) in [7, 11) is 2.03. The second kappa shape index (κ2) is 4.85. The third-order valence-electron chi connectivity index (χ3n) is 3.43. The summed E-state index contributed by atoms with van der Waals surface area (Å²) in [6.45, 7) is 2.09. The van der Waals surface area contributed by atoms with E-state index in [0.29, 0.717) is 0 Å². The van der Waals surface area contributed by atoms with E-state index in [1.54, 1.807) is 0 Å². The van der Waals surface area contributed by atoms with Crippen LogP contribution in [0.25, 0.3) is 10.9 Å². The van der Waals surface area contributed by atoms with Crippen molar-refractivity contribution in [3.63, 3.8) is 0 Å². The maximum atomic E-state index is 5.79. The van der Waals surface area contributed by atoms with Gasteiger partial charge in [0.2, 0.25) is 0 Å². The smallest absolute Gasteiger partial charge is 0.133 e. The number of benzene rings is 2. The molecule has 1 aromatic heterocycles. The van der Waals surface area contributed by atoms with Crippen molar-refractivity contribution >= 4 is 28.1 Å². The van der Waals surface area contributed by atoms with Crippen LogP contribution in [0, 0.1) is 6.92 Å². The molecule has 0 aliphatic carbocycles. The molecule has 1 heterocycles. The molecule has 2 N–H and O–H groups in total. The lowest BCUT2D eigenvalue weighted by molar-refractivity contribution is 1.14. The molecule has 0 unspecified atom stereocenters. The normalized spacial score (nSPS) is 10.7. The molecule has 0 amide bonds. The molecular weight excluding hydrogens is 246 g/mol. The summed E-state index contributed by atoms with van der Waals surface area (Å²) in [4.78, 5) is 6.78. The van der Waals surface area contributed by atoms with E-state index in [1.807, 2.05) is 31.3 Å². The number of rotatable bonds is 2. The molecule has 0 fully saturated rings. The quantitative estimate of drug-likeness (QED) is 0.713. The number of anilines is 3. The Hall–Kier alpha value is -2.55. The number of hydrogen-bond acceptors (Lipinski definition) is 3. The van der Waals surface area contributed by atoms with E-state index in [1.165, 1.54) is 5.56 Å². The van der Waals surface area contributed by atoms with Gasteiger partial charge < -0.3 is 10.6 Å². The summed E-state index contributed by atoms with van der Waals surface area (Å²) in [6, 6.07) is 18.2. The van der Waals surface area contributed by atoms with Gasteiger partial charge in [-0.1, -0.05) is 12.1 Å². The van der Waals surface area contributed by atoms with E-state index >= 15 is 0 Å². The lowest BCUT2D eigenvalue weighted by atomic mass is 10.2. The predicted octanol–water partition coefficient (Wildman–Crippen LogP) is 3.89. The van der Waals surface area contributed by atoms with Gasteiger partial charge in [-0.15, -0.1) is 0 Å². The van der Waals surface area contributed by atoms with E-state index in [-0.39, 0.29) is 0 Å². The number of nitrogen functional groups attached to an aromatic ring is 1. The third kappa shape index (κ3) is 2.30. The Kier molecular flexibility index (Phi) is 3.03. The summed E-state index contributed by atoms with van der Waals surface area (Å²) in [5.74, 6) is 0.924. The third-order valence-corrected chi connectivity index (χ3v) is 3.43. The Balaban J connectivity index is 2.03. The minimum absolute atomic E-state index is 0.763. The first kappa shape index (κ1) is 12.5. The van der Waals surface area contributed by atoms with Crippen LogP contribution in [0.3, 0.4) is 0 Å². The van der Waals surface area contributed by atoms with Crippen molar-refractivity contribution in [3.05, 3.63) is 60.2 Å². The highest BCUT2D eigenvalue weighted by Crippen LogP contribution is 2.25. The van der Waals surface area contributed by atoms with Gasteiger partial charge in [-0.25, -0.2) is 4.98 Å². The van der Waals surface area contributed by atoms with Crippen LogP contribution in [0.1, 0.15) is 5.56 Å². The SMILES string of the molecule is Cc1cccc(N(C)c2ccc3cc(N)ccc3n2)c1. The molecule has 0 bridgehead atoms. The van der Waals surface area contributed by atoms with Gasteiger partial charge in [0.1, 0.15) is 5.82 Å². The molecule has 0 saturated carbocycles. The molecule has 0 aliphatic rings. The number of nitrogens with zero attached hydrogens (tertiary/aromatic N) is 2. The topological polar surface area (TPSA) is 42.1 Å². The predicted molar refractivity (Wildman–Crippen MR) is 85.4 cm³/mol. The number of aromatic nitrogens is 1. The fraction of sp³-hybridized carbons (Fsp3) is 0.118. The number of hydrogen-bond donors (Lipinski definition) is 1. The summed E-state index contributed by atoms with van der Waals surface area (Å²) < 4.78 is 0. The lowest BCUT2D eigenvalue weighted by Crippen LogP contribution is -2.11. The molecule has 0 radical (unpaired) electrons. The lowest BCUT2D eigenvalue weighted by Gasteiger charge is -2.19. The Bertz CT molecular complexity index is 765. The minimum Gasteiger partial charge on any atom is -0.399 e. The number of aryl methyl sites for hydroxylation is 1. The largest absolute Gasteiger partial charge is 0.399 e. The van der Waals surface area contributed by atoms with Gasteiger partial charge in [-0.05, 0) is 55.0 Å². The van der Waals surface area contributed by atoms with Crippen LogP contribution in [-0.4, -0.2) is 12.0 Å². The first-order valence-corrected chi connectivity index (χ1v) is 6.60. The molecule has 3 aromatic rings. The zero-order valence-electron chi connectivity index (χ0n) is 11.7. The molecule has 0 saturated heterocycles. The summed E-state index contributed by atoms with van der Waals surface area (Å²) >= 11 is 0. The van der Waals surface area contributed by atoms with Crippen LogP contribution in [0.5, 0.6) is 0 Å². The maximum absolute atomic E-state index is 5.79. The summed E-state index contributed by atoms with van der Waals surface area (Å²) in [6.07, 6.45) is 0. The molecule has 3 nitrogen and oxygen atoms in total. The van der Waals surface area contributed by atoms with E-state index in [9.17, 15) is 0 Å². The van der Waals surface area contributed by atoms with Crippen molar-refractivity contribution in [1.29, 1.82) is 0 Å².